The number of hydrogen-bond acceptors (Lipinski definition) is 8. The van der Waals surface area contributed by atoms with E-state index in [1.165, 1.54) is 0 Å². The van der Waals surface area contributed by atoms with Crippen molar-refractivity contribution in [2.45, 2.75) is 5.60 Å². The second kappa shape index (κ2) is 9.65. The molecule has 2 N–H and O–H groups in total. The molecule has 0 atom stereocenters. The van der Waals surface area contributed by atoms with Crippen LogP contribution in [0.15, 0.2) is 48.8 Å². The molecule has 0 aromatic carbocycles. The molecule has 0 bridgehead atoms. The second-order valence-electron chi connectivity index (χ2n) is 4.02. The Morgan fingerprint density at radius 2 is 1.35 bits per heavy atom. The SMILES string of the molecule is O=C([O-])C(O)(CO)C(=O)[O-].[Cu+2].c1ccc(-c2ccccn2)nc1. The number of aliphatic hydroxyl groups is 2. The molecule has 125 valence electrons. The molecule has 0 unspecified atom stereocenters. The van der Waals surface area contributed by atoms with E-state index in [0.717, 1.165) is 11.4 Å². The fourth-order valence-electron chi connectivity index (χ4n) is 1.24. The van der Waals surface area contributed by atoms with Crippen LogP contribution < -0.4 is 10.2 Å². The first-order valence-corrected chi connectivity index (χ1v) is 6.00. The van der Waals surface area contributed by atoms with E-state index >= 15 is 0 Å². The summed E-state index contributed by atoms with van der Waals surface area (Å²) in [6.45, 7) is -1.47. The van der Waals surface area contributed by atoms with Gasteiger partial charge in [0.05, 0.1) is 29.9 Å². The van der Waals surface area contributed by atoms with Crippen molar-refractivity contribution >= 4 is 11.9 Å². The summed E-state index contributed by atoms with van der Waals surface area (Å²) in [5.74, 6) is -4.59. The van der Waals surface area contributed by atoms with Gasteiger partial charge in [0.25, 0.3) is 0 Å². The van der Waals surface area contributed by atoms with E-state index in [1.54, 1.807) is 12.4 Å². The van der Waals surface area contributed by atoms with Crippen molar-refractivity contribution in [2.24, 2.45) is 0 Å². The van der Waals surface area contributed by atoms with E-state index in [9.17, 15) is 19.8 Å². The molecule has 8 nitrogen and oxygen atoms in total. The first kappa shape index (κ1) is 20.7. The van der Waals surface area contributed by atoms with E-state index in [-0.39, 0.29) is 17.1 Å². The average molecular weight is 368 g/mol. The third-order valence-electron chi connectivity index (χ3n) is 2.50. The van der Waals surface area contributed by atoms with Crippen molar-refractivity contribution in [3.63, 3.8) is 0 Å². The molecule has 0 aliphatic carbocycles. The minimum absolute atomic E-state index is 0. The second-order valence-corrected chi connectivity index (χ2v) is 4.02. The summed E-state index contributed by atoms with van der Waals surface area (Å²) in [6, 6.07) is 11.6. The first-order valence-electron chi connectivity index (χ1n) is 6.00. The Hall–Kier alpha value is -2.32. The maximum absolute atomic E-state index is 9.75. The summed E-state index contributed by atoms with van der Waals surface area (Å²) in [7, 11) is 0. The van der Waals surface area contributed by atoms with Gasteiger partial charge in [-0.15, -0.1) is 0 Å². The Labute approximate surface area is 141 Å². The quantitative estimate of drug-likeness (QED) is 0.440. The zero-order chi connectivity index (χ0) is 16.6. The Morgan fingerprint density at radius 3 is 1.52 bits per heavy atom. The van der Waals surface area contributed by atoms with Gasteiger partial charge in [0.15, 0.2) is 5.60 Å². The van der Waals surface area contributed by atoms with E-state index in [1.807, 2.05) is 36.4 Å². The van der Waals surface area contributed by atoms with Crippen LogP contribution in [-0.2, 0) is 26.7 Å². The van der Waals surface area contributed by atoms with E-state index in [2.05, 4.69) is 9.97 Å². The average Bonchev–Trinajstić information content (AvgIpc) is 2.56. The molecule has 0 aliphatic rings. The Bertz CT molecular complexity index is 572. The summed E-state index contributed by atoms with van der Waals surface area (Å²) in [4.78, 5) is 27.9. The topological polar surface area (TPSA) is 146 Å². The number of pyridine rings is 2. The first-order chi connectivity index (χ1) is 10.4. The van der Waals surface area contributed by atoms with Gasteiger partial charge in [-0.3, -0.25) is 9.97 Å². The molecule has 2 aromatic rings. The van der Waals surface area contributed by atoms with E-state index < -0.39 is 24.1 Å². The molecule has 0 saturated heterocycles. The number of carboxylic acids is 2. The summed E-state index contributed by atoms with van der Waals surface area (Å²) in [5.41, 5.74) is -1.46. The van der Waals surface area contributed by atoms with Gasteiger partial charge in [-0.05, 0) is 24.3 Å². The number of aliphatic carboxylic acids is 2. The number of carbonyl (C=O) groups excluding carboxylic acids is 2. The zero-order valence-corrected chi connectivity index (χ0v) is 12.5. The Morgan fingerprint density at radius 1 is 0.957 bits per heavy atom. The molecule has 0 saturated carbocycles. The third-order valence-corrected chi connectivity index (χ3v) is 2.50. The van der Waals surface area contributed by atoms with Crippen molar-refractivity contribution in [3.05, 3.63) is 48.8 Å². The van der Waals surface area contributed by atoms with Crippen LogP contribution in [0.4, 0.5) is 0 Å². The van der Waals surface area contributed by atoms with Gasteiger partial charge >= 0.3 is 17.1 Å². The molecular weight excluding hydrogens is 356 g/mol. The molecule has 2 rings (SSSR count). The zero-order valence-electron chi connectivity index (χ0n) is 11.5. The van der Waals surface area contributed by atoms with Gasteiger partial charge in [0.1, 0.15) is 0 Å². The molecule has 23 heavy (non-hydrogen) atoms. The van der Waals surface area contributed by atoms with Gasteiger partial charge in [-0.2, -0.15) is 0 Å². The third kappa shape index (κ3) is 5.76. The number of nitrogens with zero attached hydrogens (tertiary/aromatic N) is 2. The molecule has 0 amide bonds. The van der Waals surface area contributed by atoms with Crippen LogP contribution in [0.5, 0.6) is 0 Å². The molecule has 1 radical (unpaired) electrons. The van der Waals surface area contributed by atoms with E-state index in [0.29, 0.717) is 0 Å². The maximum atomic E-state index is 9.75. The fraction of sp³-hybridized carbons (Fsp3) is 0.143. The van der Waals surface area contributed by atoms with E-state index in [4.69, 9.17) is 10.2 Å². The summed E-state index contributed by atoms with van der Waals surface area (Å²) >= 11 is 0. The fourth-order valence-corrected chi connectivity index (χ4v) is 1.24. The molecule has 2 heterocycles. The largest absolute Gasteiger partial charge is 2.00 e. The number of carboxylic acid groups (broad SMARTS) is 2. The van der Waals surface area contributed by atoms with Gasteiger partial charge in [0.2, 0.25) is 0 Å². The Balaban J connectivity index is 0.000000412. The van der Waals surface area contributed by atoms with Crippen LogP contribution in [0.1, 0.15) is 0 Å². The number of carbonyl (C=O) groups is 2. The summed E-state index contributed by atoms with van der Waals surface area (Å²) < 4.78 is 0. The summed E-state index contributed by atoms with van der Waals surface area (Å²) in [6.07, 6.45) is 3.54. The van der Waals surface area contributed by atoms with Crippen molar-refractivity contribution in [1.82, 2.24) is 9.97 Å². The minimum Gasteiger partial charge on any atom is -0.546 e. The summed E-state index contributed by atoms with van der Waals surface area (Å²) in [5, 5.41) is 35.9. The van der Waals surface area contributed by atoms with Crippen molar-refractivity contribution < 1.29 is 47.1 Å². The van der Waals surface area contributed by atoms with Gasteiger partial charge in [0, 0.05) is 12.4 Å². The van der Waals surface area contributed by atoms with Crippen molar-refractivity contribution in [2.75, 3.05) is 6.61 Å². The van der Waals surface area contributed by atoms with Crippen LogP contribution in [0.2, 0.25) is 0 Å². The Kier molecular flexibility index (Phi) is 8.67. The van der Waals surface area contributed by atoms with Crippen LogP contribution in [-0.4, -0.2) is 44.3 Å². The predicted molar refractivity (Wildman–Crippen MR) is 69.5 cm³/mol. The normalized spacial score (nSPS) is 9.83. The predicted octanol–water partition coefficient (Wildman–Crippen LogP) is -2.65. The van der Waals surface area contributed by atoms with Crippen LogP contribution in [0, 0.1) is 0 Å². The number of aromatic nitrogens is 2. The molecule has 0 spiro atoms. The van der Waals surface area contributed by atoms with Gasteiger partial charge in [-0.25, -0.2) is 0 Å². The smallest absolute Gasteiger partial charge is 0.546 e. The number of hydrogen-bond donors (Lipinski definition) is 2. The van der Waals surface area contributed by atoms with Gasteiger partial charge in [-0.1, -0.05) is 12.1 Å². The minimum atomic E-state index is -3.29. The van der Waals surface area contributed by atoms with Crippen LogP contribution >= 0.6 is 0 Å². The maximum Gasteiger partial charge on any atom is 2.00 e. The standard InChI is InChI=1S/C10H8N2.C4H6O6.Cu/c1-3-7-11-9(5-1)10-6-2-4-8-12-10;5-1-4(10,2(6)7)3(8)9;/h1-8H;5,10H,1H2,(H,6,7)(H,8,9);/q;;+2/p-2. The molecule has 2 aromatic heterocycles. The number of rotatable bonds is 4. The van der Waals surface area contributed by atoms with Crippen molar-refractivity contribution in [1.29, 1.82) is 0 Å². The molecule has 0 fully saturated rings. The van der Waals surface area contributed by atoms with Crippen LogP contribution in [0.25, 0.3) is 11.4 Å². The molecular formula is C14H12CuN2O6. The van der Waals surface area contributed by atoms with Crippen LogP contribution in [0.3, 0.4) is 0 Å². The number of aliphatic hydroxyl groups excluding tert-OH is 1. The van der Waals surface area contributed by atoms with Crippen molar-refractivity contribution in [3.8, 4) is 11.4 Å². The molecule has 0 aliphatic heterocycles. The molecule has 9 heteroatoms. The monoisotopic (exact) mass is 367 g/mol. The van der Waals surface area contributed by atoms with Gasteiger partial charge < -0.3 is 30.0 Å².